The van der Waals surface area contributed by atoms with Crippen LogP contribution in [0.2, 0.25) is 5.02 Å². The van der Waals surface area contributed by atoms with E-state index in [0.717, 1.165) is 41.7 Å². The Morgan fingerprint density at radius 2 is 1.96 bits per heavy atom. The SMILES string of the molecule is CCNC(=NCc1ncccc1C)NCCc1ccc(Cl)cc1. The Kier molecular flexibility index (Phi) is 6.88. The van der Waals surface area contributed by atoms with Crippen molar-refractivity contribution in [3.63, 3.8) is 0 Å². The maximum Gasteiger partial charge on any atom is 0.191 e. The van der Waals surface area contributed by atoms with E-state index in [9.17, 15) is 0 Å². The van der Waals surface area contributed by atoms with E-state index in [4.69, 9.17) is 11.6 Å². The number of hydrogen-bond acceptors (Lipinski definition) is 2. The van der Waals surface area contributed by atoms with Crippen LogP contribution >= 0.6 is 11.6 Å². The first-order valence-electron chi connectivity index (χ1n) is 7.86. The number of nitrogens with zero attached hydrogens (tertiary/aromatic N) is 2. The van der Waals surface area contributed by atoms with Gasteiger partial charge in [0.2, 0.25) is 0 Å². The average Bonchev–Trinajstić information content (AvgIpc) is 2.56. The third-order valence-corrected chi connectivity index (χ3v) is 3.72. The first-order valence-corrected chi connectivity index (χ1v) is 8.24. The monoisotopic (exact) mass is 330 g/mol. The second-order valence-electron chi connectivity index (χ2n) is 5.27. The number of benzene rings is 1. The number of halogens is 1. The summed E-state index contributed by atoms with van der Waals surface area (Å²) in [5, 5.41) is 7.38. The number of aliphatic imine (C=N–C) groups is 1. The summed E-state index contributed by atoms with van der Waals surface area (Å²) in [6.07, 6.45) is 2.73. The van der Waals surface area contributed by atoms with E-state index in [0.29, 0.717) is 6.54 Å². The van der Waals surface area contributed by atoms with E-state index in [2.05, 4.69) is 40.5 Å². The molecule has 0 radical (unpaired) electrons. The van der Waals surface area contributed by atoms with Gasteiger partial charge in [-0.05, 0) is 49.6 Å². The standard InChI is InChI=1S/C18H23ClN4/c1-3-20-18(23-13-17-14(2)5-4-11-21-17)22-12-10-15-6-8-16(19)9-7-15/h4-9,11H,3,10,12-13H2,1-2H3,(H2,20,22,23). The number of guanidine groups is 1. The maximum absolute atomic E-state index is 5.90. The molecule has 0 atom stereocenters. The van der Waals surface area contributed by atoms with Gasteiger partial charge in [0.1, 0.15) is 0 Å². The normalized spacial score (nSPS) is 11.3. The van der Waals surface area contributed by atoms with Crippen molar-refractivity contribution in [2.45, 2.75) is 26.8 Å². The lowest BCUT2D eigenvalue weighted by atomic mass is 10.1. The van der Waals surface area contributed by atoms with Gasteiger partial charge in [0.05, 0.1) is 12.2 Å². The van der Waals surface area contributed by atoms with Crippen molar-refractivity contribution in [1.29, 1.82) is 0 Å². The third-order valence-electron chi connectivity index (χ3n) is 3.47. The van der Waals surface area contributed by atoms with Gasteiger partial charge < -0.3 is 10.6 Å². The second-order valence-corrected chi connectivity index (χ2v) is 5.70. The van der Waals surface area contributed by atoms with Gasteiger partial charge in [0.15, 0.2) is 5.96 Å². The fourth-order valence-electron chi connectivity index (χ4n) is 2.16. The van der Waals surface area contributed by atoms with Gasteiger partial charge in [-0.15, -0.1) is 0 Å². The molecule has 0 spiro atoms. The van der Waals surface area contributed by atoms with Gasteiger partial charge in [0.25, 0.3) is 0 Å². The summed E-state index contributed by atoms with van der Waals surface area (Å²) >= 11 is 5.90. The van der Waals surface area contributed by atoms with Crippen LogP contribution in [0.1, 0.15) is 23.7 Å². The molecule has 0 fully saturated rings. The van der Waals surface area contributed by atoms with E-state index in [1.54, 1.807) is 6.20 Å². The molecule has 2 N–H and O–H groups in total. The molecule has 23 heavy (non-hydrogen) atoms. The highest BCUT2D eigenvalue weighted by Gasteiger charge is 2.01. The molecule has 122 valence electrons. The molecule has 0 bridgehead atoms. The van der Waals surface area contributed by atoms with Gasteiger partial charge in [-0.2, -0.15) is 0 Å². The molecule has 5 heteroatoms. The van der Waals surface area contributed by atoms with E-state index in [1.807, 2.05) is 30.3 Å². The molecule has 0 aliphatic heterocycles. The van der Waals surface area contributed by atoms with E-state index in [1.165, 1.54) is 5.56 Å². The quantitative estimate of drug-likeness (QED) is 0.631. The molecule has 1 aromatic heterocycles. The molecular formula is C18H23ClN4. The first kappa shape index (κ1) is 17.3. The average molecular weight is 331 g/mol. The predicted octanol–water partition coefficient (Wildman–Crippen LogP) is 3.34. The Morgan fingerprint density at radius 3 is 2.65 bits per heavy atom. The van der Waals surface area contributed by atoms with Crippen LogP contribution in [0.15, 0.2) is 47.6 Å². The zero-order valence-electron chi connectivity index (χ0n) is 13.6. The first-order chi connectivity index (χ1) is 11.2. The summed E-state index contributed by atoms with van der Waals surface area (Å²) in [6, 6.07) is 11.9. The van der Waals surface area contributed by atoms with Crippen LogP contribution in [0, 0.1) is 6.92 Å². The molecule has 0 unspecified atom stereocenters. The lowest BCUT2D eigenvalue weighted by Crippen LogP contribution is -2.38. The summed E-state index contributed by atoms with van der Waals surface area (Å²) in [6.45, 7) is 6.33. The Bertz CT molecular complexity index is 638. The summed E-state index contributed by atoms with van der Waals surface area (Å²) in [5.41, 5.74) is 3.41. The zero-order chi connectivity index (χ0) is 16.5. The van der Waals surface area contributed by atoms with Gasteiger partial charge in [-0.25, -0.2) is 4.99 Å². The molecule has 1 aromatic carbocycles. The number of rotatable bonds is 6. The largest absolute Gasteiger partial charge is 0.357 e. The fraction of sp³-hybridized carbons (Fsp3) is 0.333. The van der Waals surface area contributed by atoms with Crippen molar-refractivity contribution in [1.82, 2.24) is 15.6 Å². The molecule has 4 nitrogen and oxygen atoms in total. The molecule has 2 aromatic rings. The Hall–Kier alpha value is -2.07. The minimum atomic E-state index is 0.572. The summed E-state index contributed by atoms with van der Waals surface area (Å²) < 4.78 is 0. The summed E-state index contributed by atoms with van der Waals surface area (Å²) in [4.78, 5) is 8.97. The molecule has 0 saturated carbocycles. The number of aromatic nitrogens is 1. The van der Waals surface area contributed by atoms with Crippen LogP contribution in [-0.2, 0) is 13.0 Å². The van der Waals surface area contributed by atoms with Crippen LogP contribution in [-0.4, -0.2) is 24.0 Å². The Morgan fingerprint density at radius 1 is 1.17 bits per heavy atom. The molecule has 1 heterocycles. The van der Waals surface area contributed by atoms with Crippen molar-refractivity contribution in [3.05, 3.63) is 64.4 Å². The third kappa shape index (κ3) is 5.91. The van der Waals surface area contributed by atoms with Crippen LogP contribution < -0.4 is 10.6 Å². The zero-order valence-corrected chi connectivity index (χ0v) is 14.4. The molecule has 2 rings (SSSR count). The van der Waals surface area contributed by atoms with E-state index in [-0.39, 0.29) is 0 Å². The lowest BCUT2D eigenvalue weighted by Gasteiger charge is -2.11. The Labute approximate surface area is 143 Å². The highest BCUT2D eigenvalue weighted by Crippen LogP contribution is 2.09. The van der Waals surface area contributed by atoms with E-state index < -0.39 is 0 Å². The minimum absolute atomic E-state index is 0.572. The Balaban J connectivity index is 1.89. The highest BCUT2D eigenvalue weighted by molar-refractivity contribution is 6.30. The maximum atomic E-state index is 5.90. The highest BCUT2D eigenvalue weighted by atomic mass is 35.5. The molecule has 0 aliphatic carbocycles. The van der Waals surface area contributed by atoms with Gasteiger partial charge >= 0.3 is 0 Å². The molecule has 0 amide bonds. The van der Waals surface area contributed by atoms with Crippen molar-refractivity contribution in [2.24, 2.45) is 4.99 Å². The number of aryl methyl sites for hydroxylation is 1. The van der Waals surface area contributed by atoms with Gasteiger partial charge in [0, 0.05) is 24.3 Å². The number of hydrogen-bond donors (Lipinski definition) is 2. The van der Waals surface area contributed by atoms with Gasteiger partial charge in [-0.3, -0.25) is 4.98 Å². The molecule has 0 saturated heterocycles. The van der Waals surface area contributed by atoms with Crippen molar-refractivity contribution >= 4 is 17.6 Å². The molecule has 0 aliphatic rings. The number of nitrogens with one attached hydrogen (secondary N) is 2. The van der Waals surface area contributed by atoms with Crippen molar-refractivity contribution in [2.75, 3.05) is 13.1 Å². The fourth-order valence-corrected chi connectivity index (χ4v) is 2.28. The smallest absolute Gasteiger partial charge is 0.191 e. The predicted molar refractivity (Wildman–Crippen MR) is 96.9 cm³/mol. The van der Waals surface area contributed by atoms with Crippen LogP contribution in [0.3, 0.4) is 0 Å². The number of pyridine rings is 1. The second kappa shape index (κ2) is 9.16. The van der Waals surface area contributed by atoms with Gasteiger partial charge in [-0.1, -0.05) is 29.8 Å². The topological polar surface area (TPSA) is 49.3 Å². The van der Waals surface area contributed by atoms with Crippen LogP contribution in [0.4, 0.5) is 0 Å². The summed E-state index contributed by atoms with van der Waals surface area (Å²) in [7, 11) is 0. The molecular weight excluding hydrogens is 308 g/mol. The van der Waals surface area contributed by atoms with Crippen molar-refractivity contribution in [3.8, 4) is 0 Å². The minimum Gasteiger partial charge on any atom is -0.357 e. The summed E-state index contributed by atoms with van der Waals surface area (Å²) in [5.74, 6) is 0.812. The van der Waals surface area contributed by atoms with E-state index >= 15 is 0 Å². The van der Waals surface area contributed by atoms with Crippen LogP contribution in [0.25, 0.3) is 0 Å². The van der Waals surface area contributed by atoms with Crippen molar-refractivity contribution < 1.29 is 0 Å². The lowest BCUT2D eigenvalue weighted by molar-refractivity contribution is 0.796. The van der Waals surface area contributed by atoms with Crippen LogP contribution in [0.5, 0.6) is 0 Å².